The SMILES string of the molecule is O=C(NCCN1CCOCC1)C1(c2ccccc2F)CCC1. The summed E-state index contributed by atoms with van der Waals surface area (Å²) < 4.78 is 19.4. The predicted octanol–water partition coefficient (Wildman–Crippen LogP) is 1.70. The van der Waals surface area contributed by atoms with Crippen LogP contribution in [0.5, 0.6) is 0 Å². The second-order valence-corrected chi connectivity index (χ2v) is 6.13. The lowest BCUT2D eigenvalue weighted by atomic mass is 9.63. The first kappa shape index (κ1) is 15.4. The van der Waals surface area contributed by atoms with Crippen molar-refractivity contribution in [3.8, 4) is 0 Å². The van der Waals surface area contributed by atoms with Gasteiger partial charge in [-0.3, -0.25) is 9.69 Å². The maximum absolute atomic E-state index is 14.1. The number of hydrogen-bond donors (Lipinski definition) is 1. The maximum Gasteiger partial charge on any atom is 0.230 e. The third-order valence-corrected chi connectivity index (χ3v) is 4.85. The number of halogens is 1. The van der Waals surface area contributed by atoms with E-state index in [1.165, 1.54) is 6.07 Å². The molecule has 1 aromatic rings. The number of nitrogens with one attached hydrogen (secondary N) is 1. The summed E-state index contributed by atoms with van der Waals surface area (Å²) in [6.45, 7) is 4.76. The molecule has 1 saturated heterocycles. The Morgan fingerprint density at radius 2 is 2.00 bits per heavy atom. The highest BCUT2D eigenvalue weighted by molar-refractivity contribution is 5.89. The summed E-state index contributed by atoms with van der Waals surface area (Å²) in [5, 5.41) is 3.01. The molecule has 1 aliphatic carbocycles. The molecule has 1 saturated carbocycles. The van der Waals surface area contributed by atoms with Crippen LogP contribution in [0.1, 0.15) is 24.8 Å². The molecule has 0 atom stereocenters. The molecule has 3 rings (SSSR count). The number of hydrogen-bond acceptors (Lipinski definition) is 3. The lowest BCUT2D eigenvalue weighted by Gasteiger charge is -2.41. The van der Waals surface area contributed by atoms with Crippen LogP contribution in [0.25, 0.3) is 0 Å². The van der Waals surface area contributed by atoms with E-state index in [9.17, 15) is 9.18 Å². The Labute approximate surface area is 130 Å². The van der Waals surface area contributed by atoms with Crippen LogP contribution in [0.4, 0.5) is 4.39 Å². The summed E-state index contributed by atoms with van der Waals surface area (Å²) in [4.78, 5) is 14.9. The molecule has 1 N–H and O–H groups in total. The van der Waals surface area contributed by atoms with Crippen LogP contribution in [-0.2, 0) is 14.9 Å². The minimum absolute atomic E-state index is 0.0305. The minimum Gasteiger partial charge on any atom is -0.379 e. The van der Waals surface area contributed by atoms with Crippen molar-refractivity contribution < 1.29 is 13.9 Å². The molecule has 5 heteroatoms. The smallest absolute Gasteiger partial charge is 0.230 e. The van der Waals surface area contributed by atoms with Crippen molar-refractivity contribution in [3.63, 3.8) is 0 Å². The normalized spacial score (nSPS) is 21.1. The molecule has 0 bridgehead atoms. The van der Waals surface area contributed by atoms with Crippen LogP contribution in [0.15, 0.2) is 24.3 Å². The van der Waals surface area contributed by atoms with Crippen LogP contribution in [0, 0.1) is 5.82 Å². The fraction of sp³-hybridized carbons (Fsp3) is 0.588. The van der Waals surface area contributed by atoms with Crippen LogP contribution in [0.2, 0.25) is 0 Å². The molecule has 1 aromatic carbocycles. The monoisotopic (exact) mass is 306 g/mol. The van der Waals surface area contributed by atoms with Gasteiger partial charge in [-0.15, -0.1) is 0 Å². The highest BCUT2D eigenvalue weighted by Gasteiger charge is 2.46. The van der Waals surface area contributed by atoms with Crippen LogP contribution in [0.3, 0.4) is 0 Å². The van der Waals surface area contributed by atoms with Crippen molar-refractivity contribution in [2.45, 2.75) is 24.7 Å². The standard InChI is InChI=1S/C17H23FN2O2/c18-15-5-2-1-4-14(15)17(6-3-7-17)16(21)19-8-9-20-10-12-22-13-11-20/h1-2,4-5H,3,6-13H2,(H,19,21). The summed E-state index contributed by atoms with van der Waals surface area (Å²) >= 11 is 0. The molecule has 0 radical (unpaired) electrons. The van der Waals surface area contributed by atoms with Gasteiger partial charge in [-0.05, 0) is 18.9 Å². The van der Waals surface area contributed by atoms with E-state index in [1.54, 1.807) is 18.2 Å². The van der Waals surface area contributed by atoms with Crippen LogP contribution >= 0.6 is 0 Å². The lowest BCUT2D eigenvalue weighted by Crippen LogP contribution is -2.51. The highest BCUT2D eigenvalue weighted by atomic mass is 19.1. The van der Waals surface area contributed by atoms with Crippen LogP contribution in [-0.4, -0.2) is 50.2 Å². The first-order valence-electron chi connectivity index (χ1n) is 8.06. The zero-order valence-electron chi connectivity index (χ0n) is 12.8. The van der Waals surface area contributed by atoms with Gasteiger partial charge in [0.05, 0.1) is 18.6 Å². The second kappa shape index (κ2) is 6.75. The average Bonchev–Trinajstić information content (AvgIpc) is 2.49. The van der Waals surface area contributed by atoms with Gasteiger partial charge in [-0.2, -0.15) is 0 Å². The van der Waals surface area contributed by atoms with Crippen molar-refractivity contribution >= 4 is 5.91 Å². The van der Waals surface area contributed by atoms with Gasteiger partial charge in [0, 0.05) is 31.7 Å². The Morgan fingerprint density at radius 1 is 1.27 bits per heavy atom. The minimum atomic E-state index is -0.656. The Kier molecular flexibility index (Phi) is 4.74. The molecule has 120 valence electrons. The number of carbonyl (C=O) groups excluding carboxylic acids is 1. The van der Waals surface area contributed by atoms with Crippen molar-refractivity contribution in [2.75, 3.05) is 39.4 Å². The fourth-order valence-corrected chi connectivity index (χ4v) is 3.32. The average molecular weight is 306 g/mol. The number of ether oxygens (including phenoxy) is 1. The van der Waals surface area contributed by atoms with E-state index in [-0.39, 0.29) is 11.7 Å². The number of amides is 1. The van der Waals surface area contributed by atoms with E-state index < -0.39 is 5.41 Å². The van der Waals surface area contributed by atoms with Gasteiger partial charge in [-0.25, -0.2) is 4.39 Å². The number of carbonyl (C=O) groups is 1. The van der Waals surface area contributed by atoms with Gasteiger partial charge >= 0.3 is 0 Å². The lowest BCUT2D eigenvalue weighted by molar-refractivity contribution is -0.130. The van der Waals surface area contributed by atoms with E-state index in [4.69, 9.17) is 4.74 Å². The van der Waals surface area contributed by atoms with E-state index in [0.29, 0.717) is 12.1 Å². The van der Waals surface area contributed by atoms with E-state index in [2.05, 4.69) is 10.2 Å². The van der Waals surface area contributed by atoms with Crippen molar-refractivity contribution in [2.24, 2.45) is 0 Å². The predicted molar refractivity (Wildman–Crippen MR) is 82.2 cm³/mol. The summed E-state index contributed by atoms with van der Waals surface area (Å²) in [6.07, 6.45) is 2.44. The fourth-order valence-electron chi connectivity index (χ4n) is 3.32. The second-order valence-electron chi connectivity index (χ2n) is 6.13. The Morgan fingerprint density at radius 3 is 2.64 bits per heavy atom. The topological polar surface area (TPSA) is 41.6 Å². The number of rotatable bonds is 5. The van der Waals surface area contributed by atoms with Gasteiger partial charge in [0.1, 0.15) is 5.82 Å². The quantitative estimate of drug-likeness (QED) is 0.900. The molecule has 0 unspecified atom stereocenters. The van der Waals surface area contributed by atoms with Gasteiger partial charge in [0.25, 0.3) is 0 Å². The Balaban J connectivity index is 1.59. The molecule has 1 heterocycles. The van der Waals surface area contributed by atoms with Crippen molar-refractivity contribution in [1.29, 1.82) is 0 Å². The molecule has 0 aromatic heterocycles. The summed E-state index contributed by atoms with van der Waals surface area (Å²) in [6, 6.07) is 6.66. The maximum atomic E-state index is 14.1. The van der Waals surface area contributed by atoms with Crippen molar-refractivity contribution in [3.05, 3.63) is 35.6 Å². The molecule has 4 nitrogen and oxygen atoms in total. The van der Waals surface area contributed by atoms with Gasteiger partial charge in [-0.1, -0.05) is 24.6 Å². The molecule has 2 aliphatic rings. The van der Waals surface area contributed by atoms with E-state index in [0.717, 1.165) is 52.1 Å². The van der Waals surface area contributed by atoms with Gasteiger partial charge in [0.2, 0.25) is 5.91 Å². The Bertz CT molecular complexity index is 525. The third kappa shape index (κ3) is 3.01. The zero-order chi connectivity index (χ0) is 15.4. The molecule has 2 fully saturated rings. The summed E-state index contributed by atoms with van der Waals surface area (Å²) in [7, 11) is 0. The largest absolute Gasteiger partial charge is 0.379 e. The number of benzene rings is 1. The molecular weight excluding hydrogens is 283 g/mol. The van der Waals surface area contributed by atoms with Crippen LogP contribution < -0.4 is 5.32 Å². The first-order valence-corrected chi connectivity index (χ1v) is 8.06. The number of morpholine rings is 1. The van der Waals surface area contributed by atoms with E-state index >= 15 is 0 Å². The van der Waals surface area contributed by atoms with E-state index in [1.807, 2.05) is 0 Å². The molecule has 22 heavy (non-hydrogen) atoms. The first-order chi connectivity index (χ1) is 10.7. The third-order valence-electron chi connectivity index (χ3n) is 4.85. The molecule has 1 aliphatic heterocycles. The summed E-state index contributed by atoms with van der Waals surface area (Å²) in [5.74, 6) is -0.303. The molecular formula is C17H23FN2O2. The zero-order valence-corrected chi connectivity index (χ0v) is 12.8. The van der Waals surface area contributed by atoms with Gasteiger partial charge < -0.3 is 10.1 Å². The number of nitrogens with zero attached hydrogens (tertiary/aromatic N) is 1. The molecule has 1 amide bonds. The Hall–Kier alpha value is -1.46. The summed E-state index contributed by atoms with van der Waals surface area (Å²) in [5.41, 5.74) is -0.110. The highest BCUT2D eigenvalue weighted by Crippen LogP contribution is 2.44. The van der Waals surface area contributed by atoms with Crippen molar-refractivity contribution in [1.82, 2.24) is 10.2 Å². The van der Waals surface area contributed by atoms with Gasteiger partial charge in [0.15, 0.2) is 0 Å². The molecule has 0 spiro atoms.